The van der Waals surface area contributed by atoms with Crippen molar-refractivity contribution in [2.24, 2.45) is 0 Å². The molecule has 0 spiro atoms. The summed E-state index contributed by atoms with van der Waals surface area (Å²) >= 11 is 1.64. The van der Waals surface area contributed by atoms with E-state index in [4.69, 9.17) is 10.3 Å². The van der Waals surface area contributed by atoms with Crippen LogP contribution in [0.1, 0.15) is 17.7 Å². The lowest BCUT2D eigenvalue weighted by atomic mass is 10.3. The molecule has 0 aromatic carbocycles. The Kier molecular flexibility index (Phi) is 3.46. The summed E-state index contributed by atoms with van der Waals surface area (Å²) in [6.45, 7) is 2.76. The predicted octanol–water partition coefficient (Wildman–Crippen LogP) is 1.87. The molecule has 3 aromatic rings. The molecule has 0 aliphatic carbocycles. The van der Waals surface area contributed by atoms with Crippen LogP contribution >= 0.6 is 11.3 Å². The van der Waals surface area contributed by atoms with E-state index >= 15 is 0 Å². The number of thiophene rings is 1. The molecule has 3 rings (SSSR count). The number of nitrogens with one attached hydrogen (secondary N) is 1. The topological polar surface area (TPSA) is 103 Å². The summed E-state index contributed by atoms with van der Waals surface area (Å²) in [6, 6.07) is 2.11. The third kappa shape index (κ3) is 2.55. The second-order valence-corrected chi connectivity index (χ2v) is 5.34. The van der Waals surface area contributed by atoms with Gasteiger partial charge in [-0.05, 0) is 12.5 Å². The largest absolute Gasteiger partial charge is 0.369 e. The number of aromatic nitrogens is 4. The second-order valence-electron chi connectivity index (χ2n) is 4.23. The van der Waals surface area contributed by atoms with Gasteiger partial charge in [-0.2, -0.15) is 9.97 Å². The molecule has 3 N–H and O–H groups in total. The summed E-state index contributed by atoms with van der Waals surface area (Å²) in [7, 11) is 0. The molecule has 3 aromatic heterocycles. The van der Waals surface area contributed by atoms with Crippen LogP contribution in [0.5, 0.6) is 0 Å². The number of anilines is 2. The molecule has 0 unspecified atom stereocenters. The first-order valence-corrected chi connectivity index (χ1v) is 7.13. The Morgan fingerprint density at radius 1 is 1.40 bits per heavy atom. The molecule has 0 atom stereocenters. The maximum Gasteiger partial charge on any atom is 0.228 e. The Hall–Kier alpha value is -2.22. The number of nitrogens with zero attached hydrogens (tertiary/aromatic N) is 4. The van der Waals surface area contributed by atoms with Crippen LogP contribution in [0.4, 0.5) is 11.8 Å². The Labute approximate surface area is 119 Å². The minimum Gasteiger partial charge on any atom is -0.369 e. The highest BCUT2D eigenvalue weighted by Crippen LogP contribution is 2.29. The molecule has 0 amide bonds. The van der Waals surface area contributed by atoms with Gasteiger partial charge in [0.15, 0.2) is 6.33 Å². The van der Waals surface area contributed by atoms with Gasteiger partial charge in [-0.25, -0.2) is 4.98 Å². The van der Waals surface area contributed by atoms with Crippen LogP contribution in [-0.2, 0) is 12.8 Å². The van der Waals surface area contributed by atoms with Crippen LogP contribution in [0.3, 0.4) is 0 Å². The Bertz CT molecular complexity index is 708. The van der Waals surface area contributed by atoms with Gasteiger partial charge in [-0.3, -0.25) is 0 Å². The van der Waals surface area contributed by atoms with E-state index in [-0.39, 0.29) is 5.95 Å². The van der Waals surface area contributed by atoms with E-state index in [9.17, 15) is 0 Å². The van der Waals surface area contributed by atoms with Gasteiger partial charge in [0.25, 0.3) is 0 Å². The maximum atomic E-state index is 5.75. The monoisotopic (exact) mass is 290 g/mol. The number of hydrogen-bond acceptors (Lipinski definition) is 8. The van der Waals surface area contributed by atoms with Crippen LogP contribution in [0.15, 0.2) is 16.9 Å². The summed E-state index contributed by atoms with van der Waals surface area (Å²) in [4.78, 5) is 14.7. The van der Waals surface area contributed by atoms with Crippen molar-refractivity contribution < 1.29 is 4.52 Å². The Balaban J connectivity index is 1.80. The molecule has 20 heavy (non-hydrogen) atoms. The Morgan fingerprint density at radius 2 is 2.30 bits per heavy atom. The van der Waals surface area contributed by atoms with E-state index < -0.39 is 0 Å². The van der Waals surface area contributed by atoms with E-state index in [2.05, 4.69) is 38.4 Å². The van der Waals surface area contributed by atoms with E-state index in [1.807, 2.05) is 0 Å². The molecule has 0 radical (unpaired) electrons. The summed E-state index contributed by atoms with van der Waals surface area (Å²) in [5.41, 5.74) is 5.75. The fraction of sp³-hybridized carbons (Fsp3) is 0.333. The number of aryl methyl sites for hydroxylation is 1. The average Bonchev–Trinajstić information content (AvgIpc) is 3.06. The molecule has 3 heterocycles. The summed E-state index contributed by atoms with van der Waals surface area (Å²) in [6.07, 6.45) is 3.00. The van der Waals surface area contributed by atoms with Gasteiger partial charge >= 0.3 is 0 Å². The first-order chi connectivity index (χ1) is 9.76. The molecule has 0 aliphatic rings. The fourth-order valence-corrected chi connectivity index (χ4v) is 2.86. The van der Waals surface area contributed by atoms with Gasteiger partial charge in [-0.1, -0.05) is 12.1 Å². The lowest BCUT2D eigenvalue weighted by Crippen LogP contribution is -2.08. The van der Waals surface area contributed by atoms with Crippen LogP contribution in [-0.4, -0.2) is 26.7 Å². The summed E-state index contributed by atoms with van der Waals surface area (Å²) < 4.78 is 4.95. The smallest absolute Gasteiger partial charge is 0.228 e. The van der Waals surface area contributed by atoms with Crippen molar-refractivity contribution in [3.8, 4) is 0 Å². The second kappa shape index (κ2) is 5.41. The molecule has 8 heteroatoms. The molecule has 0 saturated heterocycles. The highest BCUT2D eigenvalue weighted by Gasteiger charge is 2.10. The lowest BCUT2D eigenvalue weighted by molar-refractivity contribution is 0.380. The first-order valence-electron chi connectivity index (χ1n) is 6.31. The van der Waals surface area contributed by atoms with Crippen LogP contribution in [0, 0.1) is 0 Å². The van der Waals surface area contributed by atoms with Crippen molar-refractivity contribution in [3.05, 3.63) is 23.2 Å². The van der Waals surface area contributed by atoms with E-state index in [1.165, 1.54) is 11.2 Å². The van der Waals surface area contributed by atoms with Gasteiger partial charge in [-0.15, -0.1) is 11.3 Å². The zero-order valence-electron chi connectivity index (χ0n) is 11.0. The number of nitrogen functional groups attached to an aromatic ring is 1. The molecule has 0 saturated carbocycles. The predicted molar refractivity (Wildman–Crippen MR) is 77.7 cm³/mol. The third-order valence-electron chi connectivity index (χ3n) is 2.85. The molecule has 0 fully saturated rings. The SMILES string of the molecule is CCc1cc2c(NCCc3ncno3)nc(N)nc2s1. The summed E-state index contributed by atoms with van der Waals surface area (Å²) in [5.74, 6) is 1.63. The number of rotatable bonds is 5. The minimum absolute atomic E-state index is 0.280. The van der Waals surface area contributed by atoms with Gasteiger partial charge < -0.3 is 15.6 Å². The first kappa shape index (κ1) is 12.8. The maximum absolute atomic E-state index is 5.75. The van der Waals surface area contributed by atoms with Crippen LogP contribution in [0.25, 0.3) is 10.2 Å². The number of nitrogens with two attached hydrogens (primary N) is 1. The van der Waals surface area contributed by atoms with Crippen molar-refractivity contribution in [1.29, 1.82) is 0 Å². The van der Waals surface area contributed by atoms with Crippen molar-refractivity contribution in [3.63, 3.8) is 0 Å². The average molecular weight is 290 g/mol. The quantitative estimate of drug-likeness (QED) is 0.739. The fourth-order valence-electron chi connectivity index (χ4n) is 1.89. The molecular weight excluding hydrogens is 276 g/mol. The van der Waals surface area contributed by atoms with Gasteiger partial charge in [0.2, 0.25) is 11.8 Å². The van der Waals surface area contributed by atoms with Crippen molar-refractivity contribution in [1.82, 2.24) is 20.1 Å². The minimum atomic E-state index is 0.280. The van der Waals surface area contributed by atoms with E-state index in [0.717, 1.165) is 22.5 Å². The number of fused-ring (bicyclic) bond motifs is 1. The van der Waals surface area contributed by atoms with Crippen LogP contribution < -0.4 is 11.1 Å². The zero-order chi connectivity index (χ0) is 13.9. The van der Waals surface area contributed by atoms with Crippen molar-refractivity contribution >= 4 is 33.3 Å². The van der Waals surface area contributed by atoms with Gasteiger partial charge in [0.1, 0.15) is 10.6 Å². The molecule has 7 nitrogen and oxygen atoms in total. The molecule has 0 aliphatic heterocycles. The Morgan fingerprint density at radius 3 is 3.05 bits per heavy atom. The summed E-state index contributed by atoms with van der Waals surface area (Å²) in [5, 5.41) is 7.83. The van der Waals surface area contributed by atoms with Crippen molar-refractivity contribution in [2.45, 2.75) is 19.8 Å². The number of hydrogen-bond donors (Lipinski definition) is 2. The van der Waals surface area contributed by atoms with Crippen LogP contribution in [0.2, 0.25) is 0 Å². The molecule has 0 bridgehead atoms. The molecular formula is C12H14N6OS. The van der Waals surface area contributed by atoms with E-state index in [0.29, 0.717) is 18.9 Å². The normalized spacial score (nSPS) is 11.1. The third-order valence-corrected chi connectivity index (χ3v) is 4.02. The zero-order valence-corrected chi connectivity index (χ0v) is 11.8. The standard InChI is InChI=1S/C12H14N6OS/c1-2-7-5-8-10(17-12(13)18-11(8)20-7)14-4-3-9-15-6-16-19-9/h5-6H,2-4H2,1H3,(H3,13,14,17,18). The van der Waals surface area contributed by atoms with Crippen molar-refractivity contribution in [2.75, 3.05) is 17.6 Å². The molecule has 104 valence electrons. The lowest BCUT2D eigenvalue weighted by Gasteiger charge is -2.05. The highest BCUT2D eigenvalue weighted by molar-refractivity contribution is 7.18. The van der Waals surface area contributed by atoms with Gasteiger partial charge in [0, 0.05) is 17.8 Å². The van der Waals surface area contributed by atoms with Gasteiger partial charge in [0.05, 0.1) is 5.39 Å². The van der Waals surface area contributed by atoms with E-state index in [1.54, 1.807) is 11.3 Å². The highest BCUT2D eigenvalue weighted by atomic mass is 32.1.